The van der Waals surface area contributed by atoms with E-state index in [1.54, 1.807) is 26.0 Å². The predicted octanol–water partition coefficient (Wildman–Crippen LogP) is 2.82. The molecule has 0 N–H and O–H groups in total. The molecule has 0 saturated carbocycles. The van der Waals surface area contributed by atoms with E-state index in [0.29, 0.717) is 4.90 Å². The lowest BCUT2D eigenvalue weighted by Gasteiger charge is -2.10. The summed E-state index contributed by atoms with van der Waals surface area (Å²) in [6.07, 6.45) is 0. The molecule has 0 aliphatic heterocycles. The summed E-state index contributed by atoms with van der Waals surface area (Å²) in [6, 6.07) is 13.7. The molecule has 3 heteroatoms. The van der Waals surface area contributed by atoms with E-state index in [-0.39, 0.29) is 0 Å². The summed E-state index contributed by atoms with van der Waals surface area (Å²) in [4.78, 5) is 0.400. The molecule has 0 aromatic heterocycles. The SMILES string of the molecule is CC(C)S(=O)(=O)c1cc[c]c2ccccc12. The van der Waals surface area contributed by atoms with Crippen LogP contribution in [0.1, 0.15) is 13.8 Å². The molecule has 2 rings (SSSR count). The Morgan fingerprint density at radius 1 is 1.12 bits per heavy atom. The van der Waals surface area contributed by atoms with Gasteiger partial charge in [-0.2, -0.15) is 0 Å². The quantitative estimate of drug-likeness (QED) is 0.799. The first kappa shape index (κ1) is 11.1. The second-order valence-corrected chi connectivity index (χ2v) is 6.45. The van der Waals surface area contributed by atoms with Gasteiger partial charge in [-0.1, -0.05) is 30.3 Å². The van der Waals surface area contributed by atoms with E-state index in [2.05, 4.69) is 6.07 Å². The van der Waals surface area contributed by atoms with Crippen LogP contribution in [0.15, 0.2) is 41.3 Å². The molecule has 83 valence electrons. The third-order valence-electron chi connectivity index (χ3n) is 2.59. The van der Waals surface area contributed by atoms with Crippen molar-refractivity contribution in [3.05, 3.63) is 42.5 Å². The molecule has 2 aromatic rings. The van der Waals surface area contributed by atoms with Gasteiger partial charge in [0.25, 0.3) is 0 Å². The molecule has 16 heavy (non-hydrogen) atoms. The van der Waals surface area contributed by atoms with Crippen LogP contribution in [-0.2, 0) is 9.84 Å². The fraction of sp³-hybridized carbons (Fsp3) is 0.231. The summed E-state index contributed by atoms with van der Waals surface area (Å²) in [5.41, 5.74) is 0. The zero-order valence-corrected chi connectivity index (χ0v) is 10.1. The minimum Gasteiger partial charge on any atom is -0.223 e. The van der Waals surface area contributed by atoms with Gasteiger partial charge in [0.1, 0.15) is 0 Å². The Hall–Kier alpha value is -1.35. The fourth-order valence-electron chi connectivity index (χ4n) is 1.62. The van der Waals surface area contributed by atoms with Crippen LogP contribution in [0, 0.1) is 6.07 Å². The zero-order valence-electron chi connectivity index (χ0n) is 9.27. The first-order chi connectivity index (χ1) is 7.53. The number of hydrogen-bond donors (Lipinski definition) is 0. The maximum atomic E-state index is 12.1. The van der Waals surface area contributed by atoms with Crippen LogP contribution in [0.3, 0.4) is 0 Å². The average Bonchev–Trinajstić information content (AvgIpc) is 2.28. The van der Waals surface area contributed by atoms with Crippen molar-refractivity contribution in [2.45, 2.75) is 24.0 Å². The van der Waals surface area contributed by atoms with Crippen LogP contribution in [0.2, 0.25) is 0 Å². The molecule has 2 nitrogen and oxygen atoms in total. The summed E-state index contributed by atoms with van der Waals surface area (Å²) in [6.45, 7) is 3.39. The van der Waals surface area contributed by atoms with E-state index in [1.807, 2.05) is 24.3 Å². The lowest BCUT2D eigenvalue weighted by atomic mass is 10.1. The third kappa shape index (κ3) is 1.71. The number of fused-ring (bicyclic) bond motifs is 1. The largest absolute Gasteiger partial charge is 0.223 e. The Bertz CT molecular complexity index is 607. The molecule has 0 heterocycles. The van der Waals surface area contributed by atoms with Crippen molar-refractivity contribution in [2.75, 3.05) is 0 Å². The molecule has 0 saturated heterocycles. The number of benzene rings is 2. The molecule has 0 amide bonds. The van der Waals surface area contributed by atoms with Crippen LogP contribution >= 0.6 is 0 Å². The highest BCUT2D eigenvalue weighted by atomic mass is 32.2. The van der Waals surface area contributed by atoms with Gasteiger partial charge in [-0.3, -0.25) is 0 Å². The van der Waals surface area contributed by atoms with Crippen molar-refractivity contribution in [1.29, 1.82) is 0 Å². The van der Waals surface area contributed by atoms with Crippen LogP contribution in [0.25, 0.3) is 10.8 Å². The Morgan fingerprint density at radius 3 is 2.50 bits per heavy atom. The second-order valence-electron chi connectivity index (χ2n) is 3.98. The van der Waals surface area contributed by atoms with E-state index < -0.39 is 15.1 Å². The topological polar surface area (TPSA) is 34.1 Å². The highest BCUT2D eigenvalue weighted by Gasteiger charge is 2.20. The number of hydrogen-bond acceptors (Lipinski definition) is 2. The molecule has 1 radical (unpaired) electrons. The maximum Gasteiger partial charge on any atom is 0.181 e. The van der Waals surface area contributed by atoms with Gasteiger partial charge in [0.2, 0.25) is 0 Å². The number of sulfone groups is 1. The molecule has 0 aliphatic carbocycles. The fourth-order valence-corrected chi connectivity index (χ4v) is 2.87. The number of rotatable bonds is 2. The summed E-state index contributed by atoms with van der Waals surface area (Å²) in [5.74, 6) is 0. The zero-order chi connectivity index (χ0) is 11.8. The molecular weight excluding hydrogens is 220 g/mol. The van der Waals surface area contributed by atoms with Gasteiger partial charge in [0.15, 0.2) is 9.84 Å². The Balaban J connectivity index is 2.80. The van der Waals surface area contributed by atoms with Crippen molar-refractivity contribution in [3.8, 4) is 0 Å². The molecule has 0 fully saturated rings. The summed E-state index contributed by atoms with van der Waals surface area (Å²) >= 11 is 0. The van der Waals surface area contributed by atoms with Gasteiger partial charge in [-0.25, -0.2) is 8.42 Å². The summed E-state index contributed by atoms with van der Waals surface area (Å²) < 4.78 is 24.3. The normalized spacial score (nSPS) is 12.2. The average molecular weight is 233 g/mol. The monoisotopic (exact) mass is 233 g/mol. The van der Waals surface area contributed by atoms with Gasteiger partial charge in [0.05, 0.1) is 10.1 Å². The van der Waals surface area contributed by atoms with Gasteiger partial charge in [0, 0.05) is 5.39 Å². The Morgan fingerprint density at radius 2 is 1.81 bits per heavy atom. The predicted molar refractivity (Wildman–Crippen MR) is 65.1 cm³/mol. The van der Waals surface area contributed by atoms with Gasteiger partial charge >= 0.3 is 0 Å². The van der Waals surface area contributed by atoms with Crippen molar-refractivity contribution in [2.24, 2.45) is 0 Å². The van der Waals surface area contributed by atoms with Crippen molar-refractivity contribution < 1.29 is 8.42 Å². The smallest absolute Gasteiger partial charge is 0.181 e. The van der Waals surface area contributed by atoms with E-state index in [4.69, 9.17) is 0 Å². The van der Waals surface area contributed by atoms with Crippen LogP contribution in [0.5, 0.6) is 0 Å². The summed E-state index contributed by atoms with van der Waals surface area (Å²) in [7, 11) is -3.22. The van der Waals surface area contributed by atoms with E-state index >= 15 is 0 Å². The molecule has 0 unspecified atom stereocenters. The van der Waals surface area contributed by atoms with Gasteiger partial charge < -0.3 is 0 Å². The van der Waals surface area contributed by atoms with E-state index in [9.17, 15) is 8.42 Å². The highest BCUT2D eigenvalue weighted by Crippen LogP contribution is 2.25. The standard InChI is InChI=1S/C13H13O2S/c1-10(2)16(14,15)13-9-5-7-11-6-3-4-8-12(11)13/h3-6,8-10H,1-2H3. The maximum absolute atomic E-state index is 12.1. The third-order valence-corrected chi connectivity index (χ3v) is 4.80. The molecule has 2 aromatic carbocycles. The van der Waals surface area contributed by atoms with Crippen LogP contribution < -0.4 is 0 Å². The lowest BCUT2D eigenvalue weighted by molar-refractivity contribution is 0.588. The first-order valence-corrected chi connectivity index (χ1v) is 6.71. The van der Waals surface area contributed by atoms with Crippen molar-refractivity contribution in [1.82, 2.24) is 0 Å². The van der Waals surface area contributed by atoms with E-state index in [1.165, 1.54) is 0 Å². The molecular formula is C13H13O2S. The Kier molecular flexibility index (Phi) is 2.72. The molecule has 0 aliphatic rings. The molecule has 0 bridgehead atoms. The van der Waals surface area contributed by atoms with Crippen LogP contribution in [0.4, 0.5) is 0 Å². The molecule has 0 spiro atoms. The lowest BCUT2D eigenvalue weighted by Crippen LogP contribution is -2.14. The van der Waals surface area contributed by atoms with Crippen LogP contribution in [-0.4, -0.2) is 13.7 Å². The second kappa shape index (κ2) is 3.91. The minimum atomic E-state index is -3.22. The van der Waals surface area contributed by atoms with Gasteiger partial charge in [-0.05, 0) is 31.4 Å². The molecule has 0 atom stereocenters. The van der Waals surface area contributed by atoms with Gasteiger partial charge in [-0.15, -0.1) is 0 Å². The highest BCUT2D eigenvalue weighted by molar-refractivity contribution is 7.92. The summed E-state index contributed by atoms with van der Waals surface area (Å²) in [5, 5.41) is 1.18. The van der Waals surface area contributed by atoms with Crippen molar-refractivity contribution >= 4 is 20.6 Å². The van der Waals surface area contributed by atoms with E-state index in [0.717, 1.165) is 10.8 Å². The minimum absolute atomic E-state index is 0.400. The van der Waals surface area contributed by atoms with Crippen molar-refractivity contribution in [3.63, 3.8) is 0 Å². The Labute approximate surface area is 95.8 Å². The first-order valence-electron chi connectivity index (χ1n) is 5.17.